The molecular formula is C15H23P. The molecule has 16 heavy (non-hydrogen) atoms. The van der Waals surface area contributed by atoms with Gasteiger partial charge in [0.05, 0.1) is 0 Å². The van der Waals surface area contributed by atoms with Crippen LogP contribution in [-0.4, -0.2) is 5.16 Å². The summed E-state index contributed by atoms with van der Waals surface area (Å²) in [7, 11) is 3.02. The second-order valence-corrected chi connectivity index (χ2v) is 6.26. The predicted octanol–water partition coefficient (Wildman–Crippen LogP) is 4.81. The molecule has 1 saturated carbocycles. The van der Waals surface area contributed by atoms with Crippen molar-refractivity contribution in [1.82, 2.24) is 0 Å². The van der Waals surface area contributed by atoms with Crippen molar-refractivity contribution in [3.05, 3.63) is 48.6 Å². The average molecular weight is 234 g/mol. The van der Waals surface area contributed by atoms with Crippen LogP contribution in [0.1, 0.15) is 39.0 Å². The summed E-state index contributed by atoms with van der Waals surface area (Å²) in [5.74, 6) is 0. The van der Waals surface area contributed by atoms with Crippen molar-refractivity contribution in [1.29, 1.82) is 0 Å². The average Bonchev–Trinajstić information content (AvgIpc) is 2.21. The standard InChI is InChI=1S/C15H23P/c1-4-7-13-9-6-11-15(3,16)12-10-14(13)8-5-2/h4-5,7-8H,1-2,6,9-12,16H2,3H3/b13-7-,14-8-. The van der Waals surface area contributed by atoms with Gasteiger partial charge in [0.15, 0.2) is 0 Å². The third-order valence-corrected chi connectivity index (χ3v) is 3.79. The minimum atomic E-state index is 0.403. The molecule has 1 fully saturated rings. The van der Waals surface area contributed by atoms with Gasteiger partial charge in [0.25, 0.3) is 0 Å². The van der Waals surface area contributed by atoms with Crippen LogP contribution in [0.5, 0.6) is 0 Å². The maximum atomic E-state index is 3.81. The molecule has 0 aromatic carbocycles. The Kier molecular flexibility index (Phi) is 5.22. The fourth-order valence-corrected chi connectivity index (χ4v) is 2.56. The highest BCUT2D eigenvalue weighted by molar-refractivity contribution is 7.18. The van der Waals surface area contributed by atoms with Crippen LogP contribution in [-0.2, 0) is 0 Å². The maximum absolute atomic E-state index is 3.81. The first-order valence-electron chi connectivity index (χ1n) is 6.01. The molecule has 0 bridgehead atoms. The van der Waals surface area contributed by atoms with E-state index in [0.29, 0.717) is 5.16 Å². The lowest BCUT2D eigenvalue weighted by Gasteiger charge is -2.28. The molecule has 88 valence electrons. The molecule has 0 heterocycles. The quantitative estimate of drug-likeness (QED) is 0.601. The van der Waals surface area contributed by atoms with Gasteiger partial charge in [-0.3, -0.25) is 0 Å². The Hall–Kier alpha value is -0.610. The summed E-state index contributed by atoms with van der Waals surface area (Å²) in [6.45, 7) is 9.94. The van der Waals surface area contributed by atoms with Crippen molar-refractivity contribution >= 4 is 9.24 Å². The highest BCUT2D eigenvalue weighted by Crippen LogP contribution is 2.37. The molecule has 1 heteroatoms. The maximum Gasteiger partial charge on any atom is -0.0175 e. The van der Waals surface area contributed by atoms with E-state index in [4.69, 9.17) is 0 Å². The van der Waals surface area contributed by atoms with E-state index in [2.05, 4.69) is 41.5 Å². The first-order valence-corrected chi connectivity index (χ1v) is 6.59. The van der Waals surface area contributed by atoms with Gasteiger partial charge in [-0.05, 0) is 48.4 Å². The molecule has 0 saturated heterocycles. The molecule has 1 aliphatic rings. The van der Waals surface area contributed by atoms with E-state index in [1.165, 1.54) is 30.4 Å². The molecule has 0 radical (unpaired) electrons. The second kappa shape index (κ2) is 6.21. The van der Waals surface area contributed by atoms with Gasteiger partial charge in [-0.2, -0.15) is 0 Å². The minimum Gasteiger partial charge on any atom is -0.131 e. The van der Waals surface area contributed by atoms with Gasteiger partial charge in [0, 0.05) is 0 Å². The van der Waals surface area contributed by atoms with Gasteiger partial charge in [-0.15, -0.1) is 9.24 Å². The van der Waals surface area contributed by atoms with E-state index < -0.39 is 0 Å². The smallest absolute Gasteiger partial charge is 0.0175 e. The third kappa shape index (κ3) is 4.10. The number of rotatable bonds is 2. The van der Waals surface area contributed by atoms with Crippen molar-refractivity contribution in [3.8, 4) is 0 Å². The molecule has 1 rings (SSSR count). The number of allylic oxidation sites excluding steroid dienone is 6. The predicted molar refractivity (Wildman–Crippen MR) is 77.8 cm³/mol. The van der Waals surface area contributed by atoms with Crippen LogP contribution in [0.4, 0.5) is 0 Å². The molecule has 0 spiro atoms. The molecule has 2 unspecified atom stereocenters. The highest BCUT2D eigenvalue weighted by atomic mass is 31.0. The number of hydrogen-bond acceptors (Lipinski definition) is 0. The van der Waals surface area contributed by atoms with Gasteiger partial charge in [0.1, 0.15) is 0 Å². The molecule has 0 N–H and O–H groups in total. The monoisotopic (exact) mass is 234 g/mol. The third-order valence-electron chi connectivity index (χ3n) is 3.21. The highest BCUT2D eigenvalue weighted by Gasteiger charge is 2.21. The summed E-state index contributed by atoms with van der Waals surface area (Å²) in [6.07, 6.45) is 14.2. The summed E-state index contributed by atoms with van der Waals surface area (Å²) in [6, 6.07) is 0. The van der Waals surface area contributed by atoms with Crippen molar-refractivity contribution in [2.75, 3.05) is 0 Å². The van der Waals surface area contributed by atoms with Crippen LogP contribution in [0.25, 0.3) is 0 Å². The lowest BCUT2D eigenvalue weighted by Crippen LogP contribution is -2.17. The Bertz CT molecular complexity index is 318. The molecule has 0 aliphatic heterocycles. The van der Waals surface area contributed by atoms with Crippen LogP contribution >= 0.6 is 9.24 Å². The fourth-order valence-electron chi connectivity index (χ4n) is 2.21. The van der Waals surface area contributed by atoms with Gasteiger partial charge in [-0.1, -0.05) is 44.4 Å². The molecular weight excluding hydrogens is 211 g/mol. The first kappa shape index (κ1) is 13.5. The first-order chi connectivity index (χ1) is 7.59. The summed E-state index contributed by atoms with van der Waals surface area (Å²) >= 11 is 0. The molecule has 2 atom stereocenters. The normalized spacial score (nSPS) is 32.1. The summed E-state index contributed by atoms with van der Waals surface area (Å²) in [4.78, 5) is 0. The zero-order valence-corrected chi connectivity index (χ0v) is 11.5. The summed E-state index contributed by atoms with van der Waals surface area (Å²) in [5.41, 5.74) is 2.87. The SMILES string of the molecule is C=C/C=C1/CCCC(C)(P)CC/C1=C/C=C. The van der Waals surface area contributed by atoms with Gasteiger partial charge >= 0.3 is 0 Å². The fraction of sp³-hybridized carbons (Fsp3) is 0.467. The lowest BCUT2D eigenvalue weighted by atomic mass is 9.85. The van der Waals surface area contributed by atoms with Crippen molar-refractivity contribution in [2.24, 2.45) is 0 Å². The topological polar surface area (TPSA) is 0 Å². The largest absolute Gasteiger partial charge is 0.131 e. The molecule has 0 aromatic rings. The summed E-state index contributed by atoms with van der Waals surface area (Å²) in [5, 5.41) is 0.403. The van der Waals surface area contributed by atoms with Crippen LogP contribution < -0.4 is 0 Å². The van der Waals surface area contributed by atoms with E-state index in [0.717, 1.165) is 12.8 Å². The van der Waals surface area contributed by atoms with Crippen LogP contribution in [0.15, 0.2) is 48.6 Å². The zero-order valence-electron chi connectivity index (χ0n) is 10.3. The Labute approximate surface area is 102 Å². The molecule has 0 amide bonds. The van der Waals surface area contributed by atoms with E-state index >= 15 is 0 Å². The minimum absolute atomic E-state index is 0.403. The van der Waals surface area contributed by atoms with Gasteiger partial charge in [-0.25, -0.2) is 0 Å². The zero-order chi connectivity index (χ0) is 12.0. The van der Waals surface area contributed by atoms with Gasteiger partial charge < -0.3 is 0 Å². The molecule has 0 nitrogen and oxygen atoms in total. The van der Waals surface area contributed by atoms with Crippen LogP contribution in [0, 0.1) is 0 Å². The van der Waals surface area contributed by atoms with Crippen molar-refractivity contribution in [3.63, 3.8) is 0 Å². The molecule has 0 aromatic heterocycles. The Morgan fingerprint density at radius 2 is 1.62 bits per heavy atom. The number of hydrogen-bond donors (Lipinski definition) is 0. The molecule has 1 aliphatic carbocycles. The van der Waals surface area contributed by atoms with E-state index in [1.54, 1.807) is 0 Å². The van der Waals surface area contributed by atoms with Crippen LogP contribution in [0.2, 0.25) is 0 Å². The second-order valence-electron chi connectivity index (χ2n) is 4.86. The summed E-state index contributed by atoms with van der Waals surface area (Å²) < 4.78 is 0. The van der Waals surface area contributed by atoms with Crippen molar-refractivity contribution < 1.29 is 0 Å². The Morgan fingerprint density at radius 1 is 1.06 bits per heavy atom. The van der Waals surface area contributed by atoms with Crippen molar-refractivity contribution in [2.45, 2.75) is 44.2 Å². The van der Waals surface area contributed by atoms with Crippen LogP contribution in [0.3, 0.4) is 0 Å². The van der Waals surface area contributed by atoms with E-state index in [9.17, 15) is 0 Å². The lowest BCUT2D eigenvalue weighted by molar-refractivity contribution is 0.505. The Balaban J connectivity index is 2.88. The van der Waals surface area contributed by atoms with Gasteiger partial charge in [0.2, 0.25) is 0 Å². The van der Waals surface area contributed by atoms with E-state index in [-0.39, 0.29) is 0 Å². The van der Waals surface area contributed by atoms with E-state index in [1.807, 2.05) is 12.2 Å². The Morgan fingerprint density at radius 3 is 2.19 bits per heavy atom.